The predicted molar refractivity (Wildman–Crippen MR) is 135 cm³/mol. The zero-order chi connectivity index (χ0) is 22.8. The summed E-state index contributed by atoms with van der Waals surface area (Å²) in [7, 11) is 1.62. The third-order valence-electron chi connectivity index (χ3n) is 6.12. The molecule has 33 heavy (non-hydrogen) atoms. The Hall–Kier alpha value is -3.66. The first-order valence-corrected chi connectivity index (χ1v) is 11.1. The van der Waals surface area contributed by atoms with Crippen LogP contribution in [0.3, 0.4) is 0 Å². The number of rotatable bonds is 6. The Bertz CT molecular complexity index is 1420. The van der Waals surface area contributed by atoms with Crippen molar-refractivity contribution in [3.63, 3.8) is 0 Å². The van der Waals surface area contributed by atoms with Gasteiger partial charge in [-0.3, -0.25) is 0 Å². The van der Waals surface area contributed by atoms with E-state index in [1.54, 1.807) is 7.11 Å². The number of fused-ring (bicyclic) bond motifs is 2. The molecule has 5 aromatic carbocycles. The summed E-state index contributed by atoms with van der Waals surface area (Å²) in [6.45, 7) is 2.19. The fourth-order valence-electron chi connectivity index (χ4n) is 4.48. The first-order chi connectivity index (χ1) is 16.2. The topological polar surface area (TPSA) is 38.7 Å². The summed E-state index contributed by atoms with van der Waals surface area (Å²) in [6.07, 6.45) is -0.778. The van der Waals surface area contributed by atoms with Crippen LogP contribution in [0.4, 0.5) is 0 Å². The van der Waals surface area contributed by atoms with E-state index >= 15 is 0 Å². The van der Waals surface area contributed by atoms with E-state index in [-0.39, 0.29) is 6.79 Å². The molecule has 0 fully saturated rings. The number of aliphatic hydroxyl groups excluding tert-OH is 1. The van der Waals surface area contributed by atoms with Gasteiger partial charge in [-0.1, -0.05) is 96.6 Å². The van der Waals surface area contributed by atoms with Crippen LogP contribution in [0.25, 0.3) is 32.7 Å². The van der Waals surface area contributed by atoms with Crippen LogP contribution in [-0.4, -0.2) is 19.0 Å². The predicted octanol–water partition coefficient (Wildman–Crippen LogP) is 7.03. The lowest BCUT2D eigenvalue weighted by Gasteiger charge is -2.22. The Balaban J connectivity index is 1.85. The molecular formula is C30H26O3. The Morgan fingerprint density at radius 1 is 0.697 bits per heavy atom. The van der Waals surface area contributed by atoms with Gasteiger partial charge in [-0.05, 0) is 51.2 Å². The highest BCUT2D eigenvalue weighted by Crippen LogP contribution is 2.45. The highest BCUT2D eigenvalue weighted by molar-refractivity contribution is 6.09. The molecule has 3 nitrogen and oxygen atoms in total. The molecule has 0 unspecified atom stereocenters. The van der Waals surface area contributed by atoms with Gasteiger partial charge in [0.25, 0.3) is 0 Å². The summed E-state index contributed by atoms with van der Waals surface area (Å²) in [5.41, 5.74) is 4.80. The Labute approximate surface area is 193 Å². The molecule has 0 amide bonds. The largest absolute Gasteiger partial charge is 0.467 e. The number of hydrogen-bond donors (Lipinski definition) is 1. The molecule has 3 heteroatoms. The molecule has 0 saturated carbocycles. The van der Waals surface area contributed by atoms with Crippen molar-refractivity contribution in [3.8, 4) is 16.9 Å². The van der Waals surface area contributed by atoms with Gasteiger partial charge in [0.05, 0.1) is 0 Å². The zero-order valence-electron chi connectivity index (χ0n) is 18.8. The van der Waals surface area contributed by atoms with Crippen LogP contribution in [0, 0.1) is 6.92 Å². The minimum atomic E-state index is -0.778. The molecular weight excluding hydrogens is 408 g/mol. The van der Waals surface area contributed by atoms with E-state index in [0.717, 1.165) is 55.1 Å². The maximum Gasteiger partial charge on any atom is 0.188 e. The molecule has 164 valence electrons. The van der Waals surface area contributed by atoms with Crippen molar-refractivity contribution in [2.75, 3.05) is 13.9 Å². The number of aryl methyl sites for hydroxylation is 1. The third-order valence-corrected chi connectivity index (χ3v) is 6.12. The van der Waals surface area contributed by atoms with Gasteiger partial charge in [0.15, 0.2) is 6.79 Å². The minimum Gasteiger partial charge on any atom is -0.467 e. The minimum absolute atomic E-state index is 0.145. The average Bonchev–Trinajstić information content (AvgIpc) is 2.86. The maximum atomic E-state index is 11.6. The van der Waals surface area contributed by atoms with Gasteiger partial charge in [-0.2, -0.15) is 0 Å². The lowest BCUT2D eigenvalue weighted by molar-refractivity contribution is 0.0516. The van der Waals surface area contributed by atoms with Crippen molar-refractivity contribution in [2.24, 2.45) is 0 Å². The van der Waals surface area contributed by atoms with E-state index in [1.807, 2.05) is 67.6 Å². The highest BCUT2D eigenvalue weighted by atomic mass is 16.7. The summed E-state index contributed by atoms with van der Waals surface area (Å²) in [5, 5.41) is 15.9. The highest BCUT2D eigenvalue weighted by Gasteiger charge is 2.22. The van der Waals surface area contributed by atoms with Crippen molar-refractivity contribution in [1.29, 1.82) is 0 Å². The molecule has 0 aromatic heterocycles. The quantitative estimate of drug-likeness (QED) is 0.292. The van der Waals surface area contributed by atoms with E-state index in [4.69, 9.17) is 9.47 Å². The van der Waals surface area contributed by atoms with Crippen LogP contribution in [0.1, 0.15) is 22.8 Å². The van der Waals surface area contributed by atoms with Crippen molar-refractivity contribution < 1.29 is 14.6 Å². The number of benzene rings is 5. The molecule has 1 atom stereocenters. The third kappa shape index (κ3) is 3.97. The van der Waals surface area contributed by atoms with E-state index in [1.165, 1.54) is 0 Å². The van der Waals surface area contributed by atoms with Crippen molar-refractivity contribution in [3.05, 3.63) is 114 Å². The molecule has 5 aromatic rings. The number of methoxy groups -OCH3 is 1. The molecule has 0 aliphatic heterocycles. The summed E-state index contributed by atoms with van der Waals surface area (Å²) in [5.74, 6) is 0.726. The summed E-state index contributed by atoms with van der Waals surface area (Å²) < 4.78 is 11.3. The summed E-state index contributed by atoms with van der Waals surface area (Å²) in [4.78, 5) is 0. The molecule has 0 heterocycles. The second-order valence-electron chi connectivity index (χ2n) is 8.27. The van der Waals surface area contributed by atoms with E-state index in [0.29, 0.717) is 0 Å². The van der Waals surface area contributed by atoms with Gasteiger partial charge in [-0.15, -0.1) is 0 Å². The van der Waals surface area contributed by atoms with E-state index < -0.39 is 6.10 Å². The Morgan fingerprint density at radius 3 is 1.97 bits per heavy atom. The lowest BCUT2D eigenvalue weighted by Crippen LogP contribution is -2.05. The molecule has 0 radical (unpaired) electrons. The monoisotopic (exact) mass is 434 g/mol. The molecule has 1 N–H and O–H groups in total. The van der Waals surface area contributed by atoms with Gasteiger partial charge in [-0.25, -0.2) is 0 Å². The number of hydrogen-bond acceptors (Lipinski definition) is 3. The first-order valence-electron chi connectivity index (χ1n) is 11.1. The van der Waals surface area contributed by atoms with Crippen LogP contribution < -0.4 is 4.74 Å². The second-order valence-corrected chi connectivity index (χ2v) is 8.27. The zero-order valence-corrected chi connectivity index (χ0v) is 18.8. The first kappa shape index (κ1) is 21.2. The van der Waals surface area contributed by atoms with Gasteiger partial charge < -0.3 is 14.6 Å². The summed E-state index contributed by atoms with van der Waals surface area (Å²) >= 11 is 0. The lowest BCUT2D eigenvalue weighted by atomic mass is 9.86. The molecule has 5 rings (SSSR count). The van der Waals surface area contributed by atoms with Crippen LogP contribution >= 0.6 is 0 Å². The standard InChI is InChI=1S/C30H26O3/c1-20-11-13-23(14-12-20)30(31)26-17-15-21-7-3-5-9-24(21)28(26)29-25-10-6-4-8-22(25)16-18-27(29)33-19-32-2/h3-18,30-31H,19H2,1-2H3/t30-/m0/s1. The number of ether oxygens (including phenoxy) is 2. The van der Waals surface area contributed by atoms with E-state index in [9.17, 15) is 5.11 Å². The molecule has 0 aliphatic rings. The van der Waals surface area contributed by atoms with Gasteiger partial charge in [0.2, 0.25) is 0 Å². The molecule has 0 aliphatic carbocycles. The fraction of sp³-hybridized carbons (Fsp3) is 0.133. The Kier molecular flexibility index (Phi) is 5.82. The van der Waals surface area contributed by atoms with Crippen LogP contribution in [0.5, 0.6) is 5.75 Å². The Morgan fingerprint density at radius 2 is 1.30 bits per heavy atom. The van der Waals surface area contributed by atoms with Crippen LogP contribution in [-0.2, 0) is 4.74 Å². The summed E-state index contributed by atoms with van der Waals surface area (Å²) in [6, 6.07) is 32.8. The van der Waals surface area contributed by atoms with Gasteiger partial charge >= 0.3 is 0 Å². The maximum absolute atomic E-state index is 11.6. The number of aliphatic hydroxyl groups is 1. The van der Waals surface area contributed by atoms with Gasteiger partial charge in [0, 0.05) is 12.7 Å². The normalized spacial score (nSPS) is 12.2. The molecule has 0 bridgehead atoms. The van der Waals surface area contributed by atoms with Crippen LogP contribution in [0.15, 0.2) is 97.1 Å². The van der Waals surface area contributed by atoms with Crippen LogP contribution in [0.2, 0.25) is 0 Å². The molecule has 0 spiro atoms. The average molecular weight is 435 g/mol. The second kappa shape index (κ2) is 9.07. The van der Waals surface area contributed by atoms with Crippen molar-refractivity contribution in [1.82, 2.24) is 0 Å². The van der Waals surface area contributed by atoms with Gasteiger partial charge in [0.1, 0.15) is 11.9 Å². The van der Waals surface area contributed by atoms with Crippen molar-refractivity contribution >= 4 is 21.5 Å². The fourth-order valence-corrected chi connectivity index (χ4v) is 4.48. The SMILES string of the molecule is COCOc1ccc2ccccc2c1-c1c([C@@H](O)c2ccc(C)cc2)ccc2ccccc12. The van der Waals surface area contributed by atoms with E-state index in [2.05, 4.69) is 36.4 Å². The smallest absolute Gasteiger partial charge is 0.188 e. The van der Waals surface area contributed by atoms with Crippen molar-refractivity contribution in [2.45, 2.75) is 13.0 Å². The molecule has 0 saturated heterocycles.